The summed E-state index contributed by atoms with van der Waals surface area (Å²) in [7, 11) is 1.26. The van der Waals surface area contributed by atoms with Crippen LogP contribution in [-0.4, -0.2) is 31.3 Å². The zero-order valence-electron chi connectivity index (χ0n) is 9.40. The van der Waals surface area contributed by atoms with Gasteiger partial charge in [-0.1, -0.05) is 0 Å². The summed E-state index contributed by atoms with van der Waals surface area (Å²) in [4.78, 5) is 33.4. The Bertz CT molecular complexity index is 276. The van der Waals surface area contributed by atoms with Gasteiger partial charge < -0.3 is 0 Å². The fraction of sp³-hybridized carbons (Fsp3) is 0.700. The van der Waals surface area contributed by atoms with Crippen molar-refractivity contribution in [2.45, 2.75) is 34.8 Å². The summed E-state index contributed by atoms with van der Waals surface area (Å²) in [5.41, 5.74) is 0. The molecule has 1 N–H and O–H groups in total. The predicted octanol–water partition coefficient (Wildman–Crippen LogP) is 0.316. The normalized spacial score (nSPS) is 20.2. The number of nitrogens with one attached hydrogen (secondary N) is 1. The molecule has 1 amide bonds. The summed E-state index contributed by atoms with van der Waals surface area (Å²) >= 11 is -0.733. The average Bonchev–Trinajstić information content (AvgIpc) is 2.81. The number of esters is 1. The molecule has 16 heavy (non-hydrogen) atoms. The first-order chi connectivity index (χ1) is 7.67. The molecule has 0 aliphatic carbocycles. The molecule has 1 fully saturated rings. The van der Waals surface area contributed by atoms with Gasteiger partial charge in [-0.2, -0.15) is 0 Å². The molecule has 1 aliphatic heterocycles. The third-order valence-corrected chi connectivity index (χ3v) is 7.83. The van der Waals surface area contributed by atoms with Gasteiger partial charge in [-0.3, -0.25) is 0 Å². The molecular formula is C10H15NO4Zn. The molecule has 6 heteroatoms. The van der Waals surface area contributed by atoms with E-state index >= 15 is 0 Å². The number of methoxy groups -OCH3 is 1. The van der Waals surface area contributed by atoms with Crippen molar-refractivity contribution in [1.82, 2.24) is 5.32 Å². The summed E-state index contributed by atoms with van der Waals surface area (Å²) in [6, 6.07) is -0.733. The molecule has 2 atom stereocenters. The molecular weight excluding hydrogens is 264 g/mol. The maximum absolute atomic E-state index is 11.7. The maximum atomic E-state index is 11.7. The zero-order chi connectivity index (χ0) is 12.0. The van der Waals surface area contributed by atoms with E-state index in [9.17, 15) is 14.4 Å². The first-order valence-electron chi connectivity index (χ1n) is 5.50. The number of rotatable bonds is 5. The van der Waals surface area contributed by atoms with Gasteiger partial charge in [0.05, 0.1) is 0 Å². The quantitative estimate of drug-likeness (QED) is 0.446. The Hall–Kier alpha value is -0.767. The van der Waals surface area contributed by atoms with Crippen LogP contribution in [-0.2, 0) is 36.2 Å². The van der Waals surface area contributed by atoms with E-state index in [4.69, 9.17) is 0 Å². The van der Waals surface area contributed by atoms with Crippen LogP contribution in [0.1, 0.15) is 19.3 Å². The fourth-order valence-corrected chi connectivity index (χ4v) is 6.14. The fourth-order valence-electron chi connectivity index (χ4n) is 1.88. The zero-order valence-corrected chi connectivity index (χ0v) is 12.4. The van der Waals surface area contributed by atoms with Crippen molar-refractivity contribution in [3.05, 3.63) is 0 Å². The van der Waals surface area contributed by atoms with Crippen LogP contribution in [0, 0.1) is 0 Å². The monoisotopic (exact) mass is 277 g/mol. The minimum atomic E-state index is -0.733. The number of ether oxygens (including phenoxy) is 1. The minimum absolute atomic E-state index is 0.0431. The van der Waals surface area contributed by atoms with Crippen LogP contribution < -0.4 is 5.32 Å². The molecule has 0 spiro atoms. The second-order valence-electron chi connectivity index (χ2n) is 4.01. The van der Waals surface area contributed by atoms with Gasteiger partial charge in [0.15, 0.2) is 0 Å². The molecule has 5 nitrogen and oxygen atoms in total. The Kier molecular flexibility index (Phi) is 5.60. The number of hydrogen-bond donors (Lipinski definition) is 1. The second-order valence-corrected chi connectivity index (χ2v) is 8.78. The van der Waals surface area contributed by atoms with Crippen molar-refractivity contribution in [1.29, 1.82) is 0 Å². The Labute approximate surface area is 102 Å². The molecule has 0 radical (unpaired) electrons. The Balaban J connectivity index is 2.39. The van der Waals surface area contributed by atoms with Gasteiger partial charge in [-0.15, -0.1) is 0 Å². The van der Waals surface area contributed by atoms with E-state index in [-0.39, 0.29) is 16.8 Å². The van der Waals surface area contributed by atoms with Gasteiger partial charge >= 0.3 is 102 Å². The summed E-state index contributed by atoms with van der Waals surface area (Å²) in [5.74, 6) is -0.524. The number of carbonyl (C=O) groups excluding carboxylic acids is 3. The summed E-state index contributed by atoms with van der Waals surface area (Å²) < 4.78 is 4.64. The van der Waals surface area contributed by atoms with Gasteiger partial charge in [0.25, 0.3) is 0 Å². The third-order valence-electron chi connectivity index (χ3n) is 2.83. The van der Waals surface area contributed by atoms with Crippen LogP contribution in [0.3, 0.4) is 0 Å². The van der Waals surface area contributed by atoms with E-state index in [0.29, 0.717) is 6.29 Å². The van der Waals surface area contributed by atoms with Gasteiger partial charge in [0, 0.05) is 0 Å². The van der Waals surface area contributed by atoms with Gasteiger partial charge in [0.1, 0.15) is 0 Å². The number of carbonyl (C=O) groups is 3. The van der Waals surface area contributed by atoms with Crippen LogP contribution in [0.2, 0.25) is 9.53 Å². The average molecular weight is 279 g/mol. The van der Waals surface area contributed by atoms with E-state index in [1.54, 1.807) is 0 Å². The van der Waals surface area contributed by atoms with Gasteiger partial charge in [-0.05, 0) is 0 Å². The molecule has 0 aromatic rings. The van der Waals surface area contributed by atoms with Crippen molar-refractivity contribution < 1.29 is 36.2 Å². The molecule has 2 unspecified atom stereocenters. The van der Waals surface area contributed by atoms with Crippen LogP contribution in [0.5, 0.6) is 0 Å². The summed E-state index contributed by atoms with van der Waals surface area (Å²) in [6.45, 7) is 0. The molecule has 0 aromatic heterocycles. The number of amides is 1. The predicted molar refractivity (Wildman–Crippen MR) is 52.4 cm³/mol. The van der Waals surface area contributed by atoms with Crippen molar-refractivity contribution in [2.24, 2.45) is 0 Å². The Morgan fingerprint density at radius 1 is 1.62 bits per heavy atom. The van der Waals surface area contributed by atoms with Gasteiger partial charge in [0.2, 0.25) is 0 Å². The van der Waals surface area contributed by atoms with Crippen LogP contribution >= 0.6 is 0 Å². The molecule has 1 aliphatic rings. The van der Waals surface area contributed by atoms with Crippen LogP contribution in [0.4, 0.5) is 0 Å². The molecule has 1 saturated heterocycles. The number of aldehydes is 1. The molecule has 0 bridgehead atoms. The van der Waals surface area contributed by atoms with E-state index in [1.165, 1.54) is 12.1 Å². The van der Waals surface area contributed by atoms with E-state index in [2.05, 4.69) is 10.1 Å². The molecule has 1 heterocycles. The van der Waals surface area contributed by atoms with Crippen molar-refractivity contribution in [3.8, 4) is 0 Å². The van der Waals surface area contributed by atoms with Crippen molar-refractivity contribution in [3.63, 3.8) is 0 Å². The van der Waals surface area contributed by atoms with Crippen LogP contribution in [0.15, 0.2) is 0 Å². The Morgan fingerprint density at radius 2 is 2.38 bits per heavy atom. The molecule has 0 saturated carbocycles. The Morgan fingerprint density at radius 3 is 2.88 bits per heavy atom. The SMILES string of the molecule is COC(=O)CC(C=O)NC(=O)[CH]1CC[CH2][Zn]1. The van der Waals surface area contributed by atoms with E-state index < -0.39 is 29.1 Å². The topological polar surface area (TPSA) is 72.5 Å². The third kappa shape index (κ3) is 4.01. The number of hydrogen-bond acceptors (Lipinski definition) is 4. The summed E-state index contributed by atoms with van der Waals surface area (Å²) in [5, 5.41) is 3.86. The van der Waals surface area contributed by atoms with E-state index in [0.717, 1.165) is 12.8 Å². The molecule has 0 aromatic carbocycles. The second kappa shape index (κ2) is 6.74. The van der Waals surface area contributed by atoms with Crippen molar-refractivity contribution in [2.75, 3.05) is 7.11 Å². The van der Waals surface area contributed by atoms with Crippen LogP contribution in [0.25, 0.3) is 0 Å². The van der Waals surface area contributed by atoms with Gasteiger partial charge in [-0.25, -0.2) is 0 Å². The first-order valence-corrected chi connectivity index (χ1v) is 9.31. The standard InChI is InChI=1S/C10H15NO4.Zn/c1-3-4-5-9(13)11-8(7-12)6-10(14)15-2;/h5,7-8H,1,3-4,6H2,2H3,(H,11,13);. The van der Waals surface area contributed by atoms with Crippen molar-refractivity contribution >= 4 is 18.2 Å². The molecule has 86 valence electrons. The first kappa shape index (κ1) is 13.3. The van der Waals surface area contributed by atoms with E-state index in [1.807, 2.05) is 0 Å². The molecule has 1 rings (SSSR count). The summed E-state index contributed by atoms with van der Waals surface area (Å²) in [6.07, 6.45) is 2.61.